The van der Waals surface area contributed by atoms with Gasteiger partial charge in [-0.3, -0.25) is 4.79 Å². The molecule has 1 heterocycles. The van der Waals surface area contributed by atoms with Gasteiger partial charge >= 0.3 is 5.97 Å². The number of carbonyl (C=O) groups excluding carboxylic acids is 1. The number of hydrogen-bond acceptors (Lipinski definition) is 6. The summed E-state index contributed by atoms with van der Waals surface area (Å²) >= 11 is 0. The highest BCUT2D eigenvalue weighted by Crippen LogP contribution is 2.45. The Morgan fingerprint density at radius 3 is 2.19 bits per heavy atom. The third kappa shape index (κ3) is 2.85. The molecule has 6 nitrogen and oxygen atoms in total. The smallest absolute Gasteiger partial charge is 0.309 e. The van der Waals surface area contributed by atoms with E-state index in [0.717, 1.165) is 22.3 Å². The summed E-state index contributed by atoms with van der Waals surface area (Å²) in [5.41, 5.74) is 3.79. The third-order valence-electron chi connectivity index (χ3n) is 5.54. The van der Waals surface area contributed by atoms with E-state index in [0.29, 0.717) is 36.7 Å². The van der Waals surface area contributed by atoms with Gasteiger partial charge in [-0.15, -0.1) is 0 Å². The lowest BCUT2D eigenvalue weighted by atomic mass is 9.78. The average Bonchev–Trinajstić information content (AvgIpc) is 3.00. The average molecular weight is 370 g/mol. The van der Waals surface area contributed by atoms with E-state index in [1.54, 1.807) is 20.3 Å². The zero-order valence-electron chi connectivity index (χ0n) is 15.6. The predicted octanol–water partition coefficient (Wildman–Crippen LogP) is 2.97. The molecule has 1 saturated heterocycles. The van der Waals surface area contributed by atoms with Crippen LogP contribution in [0.5, 0.6) is 23.0 Å². The lowest BCUT2D eigenvalue weighted by Crippen LogP contribution is -2.23. The van der Waals surface area contributed by atoms with Gasteiger partial charge in [-0.25, -0.2) is 0 Å². The van der Waals surface area contributed by atoms with Crippen molar-refractivity contribution in [2.75, 3.05) is 27.9 Å². The lowest BCUT2D eigenvalue weighted by molar-refractivity contribution is -0.141. The van der Waals surface area contributed by atoms with Crippen LogP contribution in [0.25, 0.3) is 11.1 Å². The number of esters is 1. The molecule has 1 aliphatic carbocycles. The van der Waals surface area contributed by atoms with E-state index in [9.17, 15) is 9.90 Å². The molecule has 0 saturated carbocycles. The molecule has 27 heavy (non-hydrogen) atoms. The van der Waals surface area contributed by atoms with Crippen LogP contribution < -0.4 is 14.2 Å². The van der Waals surface area contributed by atoms with Gasteiger partial charge in [0.2, 0.25) is 0 Å². The Labute approximate surface area is 157 Å². The number of phenolic OH excluding ortho intramolecular Hbond substituents is 1. The maximum atomic E-state index is 12.3. The number of aromatic hydroxyl groups is 1. The monoisotopic (exact) mass is 370 g/mol. The van der Waals surface area contributed by atoms with Gasteiger partial charge < -0.3 is 24.1 Å². The maximum absolute atomic E-state index is 12.3. The summed E-state index contributed by atoms with van der Waals surface area (Å²) in [6.07, 6.45) is 1.24. The Hall–Kier alpha value is -2.89. The molecule has 1 N–H and O–H groups in total. The Morgan fingerprint density at radius 1 is 0.889 bits per heavy atom. The van der Waals surface area contributed by atoms with Crippen LogP contribution in [0.1, 0.15) is 11.1 Å². The number of carbonyl (C=O) groups is 1. The molecule has 4 rings (SSSR count). The van der Waals surface area contributed by atoms with Crippen molar-refractivity contribution in [3.63, 3.8) is 0 Å². The minimum Gasteiger partial charge on any atom is -0.504 e. The van der Waals surface area contributed by atoms with Gasteiger partial charge in [-0.05, 0) is 59.4 Å². The zero-order chi connectivity index (χ0) is 19.1. The zero-order valence-corrected chi connectivity index (χ0v) is 15.6. The van der Waals surface area contributed by atoms with Crippen molar-refractivity contribution in [3.05, 3.63) is 35.4 Å². The van der Waals surface area contributed by atoms with Gasteiger partial charge in [-0.2, -0.15) is 0 Å². The van der Waals surface area contributed by atoms with Crippen LogP contribution in [-0.2, 0) is 22.4 Å². The first-order valence-electron chi connectivity index (χ1n) is 8.87. The van der Waals surface area contributed by atoms with Crippen LogP contribution in [0.2, 0.25) is 0 Å². The summed E-state index contributed by atoms with van der Waals surface area (Å²) in [5, 5.41) is 10.4. The normalized spacial score (nSPS) is 20.5. The molecule has 2 aliphatic rings. The molecule has 0 aromatic heterocycles. The maximum Gasteiger partial charge on any atom is 0.309 e. The van der Waals surface area contributed by atoms with E-state index in [-0.39, 0.29) is 23.6 Å². The molecule has 2 aromatic rings. The first kappa shape index (κ1) is 17.5. The summed E-state index contributed by atoms with van der Waals surface area (Å²) in [7, 11) is 4.70. The SMILES string of the molecule is COc1cc2c(cc1O)-c1cc(OC)c(OC)cc1C[C@H]1C(=O)OC[C@@H]1C2. The van der Waals surface area contributed by atoms with Gasteiger partial charge in [0.25, 0.3) is 0 Å². The minimum atomic E-state index is -0.199. The van der Waals surface area contributed by atoms with Gasteiger partial charge in [0.15, 0.2) is 23.0 Å². The standard InChI is InChI=1S/C21H22O6/c1-24-18-6-11-4-13-10-27-21(23)16(13)5-12-7-19(25-2)20(26-3)9-15(12)14(11)8-17(18)22/h6-9,13,16,22H,4-5,10H2,1-3H3/t13-,16+/m0/s1. The number of cyclic esters (lactones) is 1. The van der Waals surface area contributed by atoms with Crippen molar-refractivity contribution in [2.24, 2.45) is 11.8 Å². The second-order valence-electron chi connectivity index (χ2n) is 6.95. The molecular formula is C21H22O6. The van der Waals surface area contributed by atoms with Crippen molar-refractivity contribution in [2.45, 2.75) is 12.8 Å². The van der Waals surface area contributed by atoms with Gasteiger partial charge in [-0.1, -0.05) is 0 Å². The second-order valence-corrected chi connectivity index (χ2v) is 6.95. The Morgan fingerprint density at radius 2 is 1.48 bits per heavy atom. The van der Waals surface area contributed by atoms with Crippen molar-refractivity contribution < 1.29 is 28.8 Å². The van der Waals surface area contributed by atoms with Gasteiger partial charge in [0.05, 0.1) is 33.9 Å². The molecule has 6 heteroatoms. The summed E-state index contributed by atoms with van der Waals surface area (Å²) in [4.78, 5) is 12.3. The molecule has 1 fully saturated rings. The van der Waals surface area contributed by atoms with Crippen molar-refractivity contribution in [1.82, 2.24) is 0 Å². The molecular weight excluding hydrogens is 348 g/mol. The van der Waals surface area contributed by atoms with Gasteiger partial charge in [0.1, 0.15) is 0 Å². The largest absolute Gasteiger partial charge is 0.504 e. The summed E-state index contributed by atoms with van der Waals surface area (Å²) in [5.74, 6) is 1.44. The first-order valence-corrected chi connectivity index (χ1v) is 8.87. The first-order chi connectivity index (χ1) is 13.0. The van der Waals surface area contributed by atoms with Crippen LogP contribution in [-0.4, -0.2) is 39.0 Å². The van der Waals surface area contributed by atoms with Crippen LogP contribution in [0.3, 0.4) is 0 Å². The molecule has 0 radical (unpaired) electrons. The topological polar surface area (TPSA) is 74.2 Å². The van der Waals surface area contributed by atoms with E-state index >= 15 is 0 Å². The minimum absolute atomic E-state index is 0.0767. The number of benzene rings is 2. The van der Waals surface area contributed by atoms with E-state index in [4.69, 9.17) is 18.9 Å². The molecule has 1 aliphatic heterocycles. The van der Waals surface area contributed by atoms with E-state index < -0.39 is 0 Å². The highest BCUT2D eigenvalue weighted by molar-refractivity contribution is 5.80. The lowest BCUT2D eigenvalue weighted by Gasteiger charge is -2.25. The van der Waals surface area contributed by atoms with Crippen LogP contribution >= 0.6 is 0 Å². The fourth-order valence-electron chi connectivity index (χ4n) is 4.11. The Bertz CT molecular complexity index is 904. The summed E-state index contributed by atoms with van der Waals surface area (Å²) in [6.45, 7) is 0.411. The van der Waals surface area contributed by atoms with Crippen LogP contribution in [0.4, 0.5) is 0 Å². The Kier molecular flexibility index (Phi) is 4.34. The van der Waals surface area contributed by atoms with Crippen molar-refractivity contribution in [3.8, 4) is 34.1 Å². The molecule has 2 aromatic carbocycles. The van der Waals surface area contributed by atoms with Crippen LogP contribution in [0.15, 0.2) is 24.3 Å². The quantitative estimate of drug-likeness (QED) is 0.838. The van der Waals surface area contributed by atoms with E-state index in [1.165, 1.54) is 7.11 Å². The Balaban J connectivity index is 1.97. The highest BCUT2D eigenvalue weighted by Gasteiger charge is 2.39. The van der Waals surface area contributed by atoms with Gasteiger partial charge in [0, 0.05) is 5.92 Å². The van der Waals surface area contributed by atoms with E-state index in [2.05, 4.69) is 0 Å². The van der Waals surface area contributed by atoms with E-state index in [1.807, 2.05) is 18.2 Å². The fraction of sp³-hybridized carbons (Fsp3) is 0.381. The van der Waals surface area contributed by atoms with Crippen LogP contribution in [0, 0.1) is 11.8 Å². The third-order valence-corrected chi connectivity index (χ3v) is 5.54. The number of ether oxygens (including phenoxy) is 4. The molecule has 2 atom stereocenters. The molecule has 0 amide bonds. The number of rotatable bonds is 3. The number of hydrogen-bond donors (Lipinski definition) is 1. The molecule has 0 bridgehead atoms. The van der Waals surface area contributed by atoms with Crippen molar-refractivity contribution in [1.29, 1.82) is 0 Å². The summed E-state index contributed by atoms with van der Waals surface area (Å²) < 4.78 is 21.6. The fourth-order valence-corrected chi connectivity index (χ4v) is 4.11. The second kappa shape index (κ2) is 6.68. The highest BCUT2D eigenvalue weighted by atomic mass is 16.5. The number of fused-ring (bicyclic) bond motifs is 4. The summed E-state index contributed by atoms with van der Waals surface area (Å²) in [6, 6.07) is 7.37. The molecule has 0 spiro atoms. The molecule has 142 valence electrons. The predicted molar refractivity (Wildman–Crippen MR) is 98.5 cm³/mol. The molecule has 0 unspecified atom stereocenters. The van der Waals surface area contributed by atoms with Crippen molar-refractivity contribution >= 4 is 5.97 Å². The number of methoxy groups -OCH3 is 3. The number of phenols is 1.